The van der Waals surface area contributed by atoms with Crippen LogP contribution >= 0.6 is 0 Å². The minimum absolute atomic E-state index is 0.148. The van der Waals surface area contributed by atoms with Gasteiger partial charge in [0.1, 0.15) is 0 Å². The Morgan fingerprint density at radius 3 is 2.50 bits per heavy atom. The summed E-state index contributed by atoms with van der Waals surface area (Å²) >= 11 is 0. The molecule has 1 heterocycles. The van der Waals surface area contributed by atoms with Gasteiger partial charge in [-0.05, 0) is 51.5 Å². The fourth-order valence-corrected chi connectivity index (χ4v) is 2.77. The average molecular weight is 278 g/mol. The molecule has 2 unspecified atom stereocenters. The second kappa shape index (κ2) is 5.38. The lowest BCUT2D eigenvalue weighted by molar-refractivity contribution is -0.141. The Balaban J connectivity index is 2.43. The lowest BCUT2D eigenvalue weighted by Gasteiger charge is -2.21. The molecule has 2 rings (SSSR count). The molecule has 0 radical (unpaired) electrons. The number of aromatic nitrogens is 2. The zero-order chi connectivity index (χ0) is 15.0. The van der Waals surface area contributed by atoms with Gasteiger partial charge in [0.25, 0.3) is 0 Å². The second-order valence-electron chi connectivity index (χ2n) is 5.94. The van der Waals surface area contributed by atoms with Crippen molar-refractivity contribution in [3.63, 3.8) is 0 Å². The van der Waals surface area contributed by atoms with Gasteiger partial charge < -0.3 is 5.11 Å². The summed E-state index contributed by atoms with van der Waals surface area (Å²) in [6.07, 6.45) is 2.72. The third-order valence-electron chi connectivity index (χ3n) is 4.35. The number of carbonyl (C=O) groups is 1. The van der Waals surface area contributed by atoms with Crippen LogP contribution in [0, 0.1) is 25.7 Å². The van der Waals surface area contributed by atoms with Crippen molar-refractivity contribution in [2.45, 2.75) is 53.0 Å². The SMILES string of the molecule is Cc1nc(=O)n(C(C)C2CC2)c(C)c1CC(C)C(=O)O. The summed E-state index contributed by atoms with van der Waals surface area (Å²) in [7, 11) is 0. The van der Waals surface area contributed by atoms with Crippen LogP contribution in [-0.4, -0.2) is 20.6 Å². The van der Waals surface area contributed by atoms with Gasteiger partial charge in [0.2, 0.25) is 0 Å². The topological polar surface area (TPSA) is 72.2 Å². The molecule has 1 aliphatic carbocycles. The van der Waals surface area contributed by atoms with Gasteiger partial charge in [-0.1, -0.05) is 6.92 Å². The molecule has 1 N–H and O–H groups in total. The number of carboxylic acid groups (broad SMARTS) is 1. The first-order valence-corrected chi connectivity index (χ1v) is 7.14. The van der Waals surface area contributed by atoms with Gasteiger partial charge in [-0.15, -0.1) is 0 Å². The van der Waals surface area contributed by atoms with Crippen molar-refractivity contribution in [1.82, 2.24) is 9.55 Å². The Kier molecular flexibility index (Phi) is 3.97. The van der Waals surface area contributed by atoms with E-state index < -0.39 is 11.9 Å². The molecule has 0 saturated heterocycles. The van der Waals surface area contributed by atoms with Crippen LogP contribution in [0.5, 0.6) is 0 Å². The Labute approximate surface area is 118 Å². The van der Waals surface area contributed by atoms with Crippen molar-refractivity contribution >= 4 is 5.97 Å². The number of rotatable bonds is 5. The fourth-order valence-electron chi connectivity index (χ4n) is 2.77. The van der Waals surface area contributed by atoms with E-state index >= 15 is 0 Å². The molecule has 1 saturated carbocycles. The maximum atomic E-state index is 12.1. The number of aliphatic carboxylic acids is 1. The highest BCUT2D eigenvalue weighted by Gasteiger charge is 2.31. The third kappa shape index (κ3) is 2.76. The second-order valence-corrected chi connectivity index (χ2v) is 5.94. The molecule has 1 aromatic rings. The molecule has 1 aromatic heterocycles. The van der Waals surface area contributed by atoms with Crippen molar-refractivity contribution in [3.05, 3.63) is 27.4 Å². The Bertz CT molecular complexity index is 588. The summed E-state index contributed by atoms with van der Waals surface area (Å²) in [5, 5.41) is 9.07. The molecule has 20 heavy (non-hydrogen) atoms. The summed E-state index contributed by atoms with van der Waals surface area (Å²) in [6, 6.07) is 0.148. The smallest absolute Gasteiger partial charge is 0.348 e. The van der Waals surface area contributed by atoms with Gasteiger partial charge in [-0.3, -0.25) is 9.36 Å². The first kappa shape index (κ1) is 14.8. The minimum Gasteiger partial charge on any atom is -0.481 e. The fraction of sp³-hybridized carbons (Fsp3) is 0.667. The van der Waals surface area contributed by atoms with Crippen molar-refractivity contribution in [3.8, 4) is 0 Å². The third-order valence-corrected chi connectivity index (χ3v) is 4.35. The lowest BCUT2D eigenvalue weighted by atomic mass is 9.98. The van der Waals surface area contributed by atoms with Crippen LogP contribution in [-0.2, 0) is 11.2 Å². The lowest BCUT2D eigenvalue weighted by Crippen LogP contribution is -2.31. The molecule has 5 nitrogen and oxygen atoms in total. The van der Waals surface area contributed by atoms with E-state index in [0.717, 1.165) is 24.1 Å². The van der Waals surface area contributed by atoms with E-state index in [1.54, 1.807) is 18.4 Å². The van der Waals surface area contributed by atoms with Crippen LogP contribution in [0.2, 0.25) is 0 Å². The van der Waals surface area contributed by atoms with Gasteiger partial charge in [-0.25, -0.2) is 4.79 Å². The van der Waals surface area contributed by atoms with E-state index in [4.69, 9.17) is 5.11 Å². The molecule has 0 bridgehead atoms. The van der Waals surface area contributed by atoms with Crippen molar-refractivity contribution < 1.29 is 9.90 Å². The highest BCUT2D eigenvalue weighted by atomic mass is 16.4. The zero-order valence-corrected chi connectivity index (χ0v) is 12.5. The number of hydrogen-bond acceptors (Lipinski definition) is 3. The highest BCUT2D eigenvalue weighted by Crippen LogP contribution is 2.39. The molecule has 0 spiro atoms. The van der Waals surface area contributed by atoms with Crippen molar-refractivity contribution in [1.29, 1.82) is 0 Å². The van der Waals surface area contributed by atoms with E-state index in [1.807, 2.05) is 13.8 Å². The minimum atomic E-state index is -0.822. The Morgan fingerprint density at radius 1 is 1.40 bits per heavy atom. The number of carboxylic acids is 1. The van der Waals surface area contributed by atoms with Gasteiger partial charge in [-0.2, -0.15) is 4.98 Å². The molecule has 0 amide bonds. The van der Waals surface area contributed by atoms with Crippen LogP contribution in [0.4, 0.5) is 0 Å². The molecular formula is C15H22N2O3. The average Bonchev–Trinajstić information content (AvgIpc) is 3.17. The van der Waals surface area contributed by atoms with Crippen LogP contribution in [0.1, 0.15) is 49.7 Å². The summed E-state index contributed by atoms with van der Waals surface area (Å²) < 4.78 is 1.74. The van der Waals surface area contributed by atoms with Gasteiger partial charge in [0.15, 0.2) is 0 Å². The molecule has 0 aliphatic heterocycles. The van der Waals surface area contributed by atoms with Crippen molar-refractivity contribution in [2.75, 3.05) is 0 Å². The summed E-state index contributed by atoms with van der Waals surface area (Å²) in [6.45, 7) is 7.41. The number of hydrogen-bond donors (Lipinski definition) is 1. The van der Waals surface area contributed by atoms with E-state index in [-0.39, 0.29) is 11.7 Å². The van der Waals surface area contributed by atoms with Crippen LogP contribution in [0.3, 0.4) is 0 Å². The van der Waals surface area contributed by atoms with Gasteiger partial charge in [0, 0.05) is 17.4 Å². The molecule has 2 atom stereocenters. The first-order chi connectivity index (χ1) is 9.32. The van der Waals surface area contributed by atoms with Crippen molar-refractivity contribution in [2.24, 2.45) is 11.8 Å². The Morgan fingerprint density at radius 2 is 2.00 bits per heavy atom. The van der Waals surface area contributed by atoms with E-state index in [1.165, 1.54) is 0 Å². The standard InChI is InChI=1S/C15H22N2O3/c1-8(14(18)19)7-13-9(2)16-15(20)17(11(13)4)10(3)12-5-6-12/h8,10,12H,5-7H2,1-4H3,(H,18,19). The molecule has 0 aromatic carbocycles. The quantitative estimate of drug-likeness (QED) is 0.895. The molecule has 5 heteroatoms. The maximum Gasteiger partial charge on any atom is 0.348 e. The first-order valence-electron chi connectivity index (χ1n) is 7.14. The summed E-state index contributed by atoms with van der Waals surface area (Å²) in [5.41, 5.74) is 2.20. The maximum absolute atomic E-state index is 12.1. The van der Waals surface area contributed by atoms with E-state index in [2.05, 4.69) is 4.98 Å². The van der Waals surface area contributed by atoms with E-state index in [9.17, 15) is 9.59 Å². The predicted octanol–water partition coefficient (Wildman–Crippen LogP) is 2.09. The largest absolute Gasteiger partial charge is 0.481 e. The van der Waals surface area contributed by atoms with Gasteiger partial charge >= 0.3 is 11.7 Å². The molecular weight excluding hydrogens is 256 g/mol. The summed E-state index contributed by atoms with van der Waals surface area (Å²) in [5.74, 6) is -0.742. The van der Waals surface area contributed by atoms with Crippen LogP contribution in [0.15, 0.2) is 4.79 Å². The highest BCUT2D eigenvalue weighted by molar-refractivity contribution is 5.70. The molecule has 1 fully saturated rings. The summed E-state index contributed by atoms with van der Waals surface area (Å²) in [4.78, 5) is 27.3. The molecule has 1 aliphatic rings. The monoisotopic (exact) mass is 278 g/mol. The van der Waals surface area contributed by atoms with Gasteiger partial charge in [0.05, 0.1) is 5.92 Å². The number of aryl methyl sites for hydroxylation is 1. The van der Waals surface area contributed by atoms with E-state index in [0.29, 0.717) is 18.0 Å². The zero-order valence-electron chi connectivity index (χ0n) is 12.5. The van der Waals surface area contributed by atoms with Crippen LogP contribution in [0.25, 0.3) is 0 Å². The van der Waals surface area contributed by atoms with Crippen LogP contribution < -0.4 is 5.69 Å². The Hall–Kier alpha value is -1.65. The normalized spacial score (nSPS) is 17.8. The number of nitrogens with zero attached hydrogens (tertiary/aromatic N) is 2. The molecule has 110 valence electrons. The predicted molar refractivity (Wildman–Crippen MR) is 75.9 cm³/mol.